The van der Waals surface area contributed by atoms with E-state index in [-0.39, 0.29) is 12.0 Å². The maximum Gasteiger partial charge on any atom is 0.255 e. The number of para-hydroxylation sites is 1. The minimum atomic E-state index is -0.430. The first-order valence-corrected chi connectivity index (χ1v) is 9.00. The lowest BCUT2D eigenvalue weighted by Gasteiger charge is -2.26. The number of ether oxygens (including phenoxy) is 2. The van der Waals surface area contributed by atoms with Gasteiger partial charge in [-0.25, -0.2) is 0 Å². The van der Waals surface area contributed by atoms with E-state index in [1.807, 2.05) is 41.8 Å². The summed E-state index contributed by atoms with van der Waals surface area (Å²) in [6.45, 7) is 3.93. The average molecular weight is 321 g/mol. The Hall–Kier alpha value is -1.04. The fourth-order valence-electron chi connectivity index (χ4n) is 2.87. The first kappa shape index (κ1) is 15.8. The molecule has 22 heavy (non-hydrogen) atoms. The van der Waals surface area contributed by atoms with Crippen LogP contribution in [0.2, 0.25) is 0 Å². The van der Waals surface area contributed by atoms with Crippen LogP contribution in [-0.4, -0.2) is 43.6 Å². The van der Waals surface area contributed by atoms with Gasteiger partial charge in [-0.05, 0) is 44.1 Å². The number of rotatable bonds is 4. The molecule has 1 aromatic rings. The van der Waals surface area contributed by atoms with Crippen LogP contribution >= 0.6 is 11.8 Å². The van der Waals surface area contributed by atoms with Gasteiger partial charge in [0.25, 0.3) is 5.91 Å². The van der Waals surface area contributed by atoms with Crippen molar-refractivity contribution in [2.45, 2.75) is 43.3 Å². The van der Waals surface area contributed by atoms with Gasteiger partial charge in [0, 0.05) is 18.0 Å². The van der Waals surface area contributed by atoms with Gasteiger partial charge in [0.1, 0.15) is 6.10 Å². The quantitative estimate of drug-likeness (QED) is 0.854. The van der Waals surface area contributed by atoms with Gasteiger partial charge in [-0.1, -0.05) is 12.1 Å². The summed E-state index contributed by atoms with van der Waals surface area (Å²) in [4.78, 5) is 15.8. The summed E-state index contributed by atoms with van der Waals surface area (Å²) in [5.41, 5.74) is 1.02. The molecule has 0 N–H and O–H groups in total. The zero-order valence-corrected chi connectivity index (χ0v) is 13.8. The Morgan fingerprint density at radius 2 is 2.32 bits per heavy atom. The molecule has 0 aliphatic carbocycles. The SMILES string of the molecule is CC(OCC1CCCO1)C(=O)N1CCCSc2ccccc21. The zero-order chi connectivity index (χ0) is 15.4. The number of hydrogen-bond acceptors (Lipinski definition) is 4. The van der Waals surface area contributed by atoms with Crippen molar-refractivity contribution in [3.63, 3.8) is 0 Å². The molecule has 120 valence electrons. The number of thioether (sulfide) groups is 1. The molecule has 2 unspecified atom stereocenters. The fraction of sp³-hybridized carbons (Fsp3) is 0.588. The second-order valence-corrected chi connectivity index (χ2v) is 6.91. The van der Waals surface area contributed by atoms with Crippen LogP contribution in [0, 0.1) is 0 Å². The van der Waals surface area contributed by atoms with Gasteiger partial charge in [-0.3, -0.25) is 4.79 Å². The largest absolute Gasteiger partial charge is 0.376 e. The summed E-state index contributed by atoms with van der Waals surface area (Å²) in [6.07, 6.45) is 2.85. The maximum atomic E-state index is 12.8. The van der Waals surface area contributed by atoms with E-state index in [4.69, 9.17) is 9.47 Å². The Kier molecular flexibility index (Phi) is 5.39. The monoisotopic (exact) mass is 321 g/mol. The van der Waals surface area contributed by atoms with Crippen molar-refractivity contribution in [2.24, 2.45) is 0 Å². The Balaban J connectivity index is 1.65. The third kappa shape index (κ3) is 3.65. The minimum Gasteiger partial charge on any atom is -0.376 e. The van der Waals surface area contributed by atoms with Crippen LogP contribution in [0.5, 0.6) is 0 Å². The highest BCUT2D eigenvalue weighted by molar-refractivity contribution is 7.99. The van der Waals surface area contributed by atoms with Crippen LogP contribution in [-0.2, 0) is 14.3 Å². The van der Waals surface area contributed by atoms with Crippen LogP contribution in [0.15, 0.2) is 29.2 Å². The highest BCUT2D eigenvalue weighted by atomic mass is 32.2. The molecule has 2 aliphatic heterocycles. The molecule has 0 spiro atoms. The molecule has 0 aromatic heterocycles. The average Bonchev–Trinajstić information content (AvgIpc) is 2.97. The number of benzene rings is 1. The van der Waals surface area contributed by atoms with Crippen LogP contribution in [0.4, 0.5) is 5.69 Å². The zero-order valence-electron chi connectivity index (χ0n) is 13.0. The van der Waals surface area contributed by atoms with Gasteiger partial charge in [-0.15, -0.1) is 11.8 Å². The van der Waals surface area contributed by atoms with Crippen molar-refractivity contribution in [1.82, 2.24) is 0 Å². The Bertz CT molecular complexity index is 516. The van der Waals surface area contributed by atoms with Crippen LogP contribution in [0.25, 0.3) is 0 Å². The number of anilines is 1. The van der Waals surface area contributed by atoms with Gasteiger partial charge in [0.15, 0.2) is 0 Å². The van der Waals surface area contributed by atoms with E-state index in [0.29, 0.717) is 6.61 Å². The van der Waals surface area contributed by atoms with E-state index in [1.165, 1.54) is 4.90 Å². The molecule has 1 saturated heterocycles. The molecule has 2 heterocycles. The number of hydrogen-bond donors (Lipinski definition) is 0. The van der Waals surface area contributed by atoms with Crippen molar-refractivity contribution in [3.05, 3.63) is 24.3 Å². The van der Waals surface area contributed by atoms with E-state index >= 15 is 0 Å². The number of fused-ring (bicyclic) bond motifs is 1. The smallest absolute Gasteiger partial charge is 0.255 e. The molecule has 0 bridgehead atoms. The predicted molar refractivity (Wildman–Crippen MR) is 88.5 cm³/mol. The van der Waals surface area contributed by atoms with E-state index in [1.54, 1.807) is 0 Å². The Morgan fingerprint density at radius 3 is 3.14 bits per heavy atom. The van der Waals surface area contributed by atoms with Gasteiger partial charge in [0.05, 0.1) is 18.4 Å². The lowest BCUT2D eigenvalue weighted by molar-refractivity contribution is -0.131. The lowest BCUT2D eigenvalue weighted by Crippen LogP contribution is -2.40. The van der Waals surface area contributed by atoms with Gasteiger partial charge in [0.2, 0.25) is 0 Å². The first-order chi connectivity index (χ1) is 10.8. The molecule has 2 aliphatic rings. The molecular formula is C17H23NO3S. The minimum absolute atomic E-state index is 0.0490. The standard InChI is InChI=1S/C17H23NO3S/c1-13(21-12-14-6-4-10-20-14)17(19)18-9-5-11-22-16-8-3-2-7-15(16)18/h2-3,7-8,13-14H,4-6,9-12H2,1H3. The topological polar surface area (TPSA) is 38.8 Å². The first-order valence-electron chi connectivity index (χ1n) is 8.02. The van der Waals surface area contributed by atoms with Gasteiger partial charge < -0.3 is 14.4 Å². The number of carbonyl (C=O) groups is 1. The maximum absolute atomic E-state index is 12.8. The second kappa shape index (κ2) is 7.49. The summed E-state index contributed by atoms with van der Waals surface area (Å²) in [6, 6.07) is 8.13. The van der Waals surface area contributed by atoms with Gasteiger partial charge in [-0.2, -0.15) is 0 Å². The van der Waals surface area contributed by atoms with E-state index in [9.17, 15) is 4.79 Å². The summed E-state index contributed by atoms with van der Waals surface area (Å²) in [5, 5.41) is 0. The van der Waals surface area contributed by atoms with Crippen LogP contribution in [0.1, 0.15) is 26.2 Å². The summed E-state index contributed by atoms with van der Waals surface area (Å²) < 4.78 is 11.3. The van der Waals surface area contributed by atoms with Crippen LogP contribution in [0.3, 0.4) is 0 Å². The molecule has 0 saturated carbocycles. The molecular weight excluding hydrogens is 298 g/mol. The fourth-order valence-corrected chi connectivity index (χ4v) is 3.87. The number of carbonyl (C=O) groups excluding carboxylic acids is 1. The summed E-state index contributed by atoms with van der Waals surface area (Å²) in [7, 11) is 0. The van der Waals surface area contributed by atoms with E-state index in [0.717, 1.165) is 43.9 Å². The Labute approximate surface area is 136 Å². The van der Waals surface area contributed by atoms with Crippen molar-refractivity contribution in [1.29, 1.82) is 0 Å². The van der Waals surface area contributed by atoms with Gasteiger partial charge >= 0.3 is 0 Å². The molecule has 2 atom stereocenters. The predicted octanol–water partition coefficient (Wildman–Crippen LogP) is 3.10. The highest BCUT2D eigenvalue weighted by Gasteiger charge is 2.27. The lowest BCUT2D eigenvalue weighted by atomic mass is 10.2. The van der Waals surface area contributed by atoms with E-state index < -0.39 is 6.10 Å². The number of amides is 1. The third-order valence-electron chi connectivity index (χ3n) is 4.11. The number of nitrogens with zero attached hydrogens (tertiary/aromatic N) is 1. The Morgan fingerprint density at radius 1 is 1.45 bits per heavy atom. The summed E-state index contributed by atoms with van der Waals surface area (Å²) in [5.74, 6) is 1.10. The molecule has 3 rings (SSSR count). The molecule has 0 radical (unpaired) electrons. The molecule has 1 fully saturated rings. The molecule has 1 amide bonds. The van der Waals surface area contributed by atoms with Crippen molar-refractivity contribution < 1.29 is 14.3 Å². The summed E-state index contributed by atoms with van der Waals surface area (Å²) >= 11 is 1.82. The molecule has 1 aromatic carbocycles. The van der Waals surface area contributed by atoms with Crippen molar-refractivity contribution in [3.8, 4) is 0 Å². The van der Waals surface area contributed by atoms with E-state index in [2.05, 4.69) is 6.07 Å². The third-order valence-corrected chi connectivity index (χ3v) is 5.26. The molecule has 5 heteroatoms. The van der Waals surface area contributed by atoms with Crippen molar-refractivity contribution in [2.75, 3.05) is 30.4 Å². The second-order valence-electron chi connectivity index (χ2n) is 5.77. The highest BCUT2D eigenvalue weighted by Crippen LogP contribution is 2.34. The van der Waals surface area contributed by atoms with Crippen LogP contribution < -0.4 is 4.90 Å². The normalized spacial score (nSPS) is 23.0. The van der Waals surface area contributed by atoms with Crippen molar-refractivity contribution >= 4 is 23.4 Å². The molecule has 4 nitrogen and oxygen atoms in total.